The summed E-state index contributed by atoms with van der Waals surface area (Å²) in [5.41, 5.74) is 0.133. The van der Waals surface area contributed by atoms with E-state index in [1.54, 1.807) is 25.1 Å². The molecule has 0 amide bonds. The van der Waals surface area contributed by atoms with Gasteiger partial charge in [0.15, 0.2) is 0 Å². The molecule has 110 valence electrons. The highest BCUT2D eigenvalue weighted by molar-refractivity contribution is 5.92. The first-order valence-corrected chi connectivity index (χ1v) is 5.97. The summed E-state index contributed by atoms with van der Waals surface area (Å²) < 4.78 is 9.70. The molecule has 1 aromatic carbocycles. The van der Waals surface area contributed by atoms with Crippen molar-refractivity contribution in [1.82, 2.24) is 0 Å². The SMILES string of the molecule is CCC(C)OC(=O)OOOC(=O)c1ccccc1OC. The van der Waals surface area contributed by atoms with Crippen LogP contribution < -0.4 is 4.74 Å². The second-order valence-electron chi connectivity index (χ2n) is 3.81. The molecule has 0 bridgehead atoms. The number of carbonyl (C=O) groups is 2. The van der Waals surface area contributed by atoms with Crippen LogP contribution in [0.25, 0.3) is 0 Å². The minimum Gasteiger partial charge on any atom is -0.496 e. The van der Waals surface area contributed by atoms with Gasteiger partial charge in [0.1, 0.15) is 17.4 Å². The Balaban J connectivity index is 2.42. The van der Waals surface area contributed by atoms with E-state index in [1.165, 1.54) is 13.2 Å². The predicted octanol–water partition coefficient (Wildman–Crippen LogP) is 2.65. The van der Waals surface area contributed by atoms with Crippen LogP contribution in [-0.2, 0) is 19.6 Å². The van der Waals surface area contributed by atoms with Gasteiger partial charge >= 0.3 is 12.1 Å². The Morgan fingerprint density at radius 2 is 1.90 bits per heavy atom. The summed E-state index contributed by atoms with van der Waals surface area (Å²) in [5, 5.41) is 4.08. The Bertz CT molecular complexity index is 458. The van der Waals surface area contributed by atoms with Gasteiger partial charge in [-0.05, 0) is 25.5 Å². The molecule has 1 aromatic rings. The summed E-state index contributed by atoms with van der Waals surface area (Å²) in [6, 6.07) is 6.37. The number of rotatable bonds is 6. The van der Waals surface area contributed by atoms with Crippen molar-refractivity contribution in [3.05, 3.63) is 29.8 Å². The van der Waals surface area contributed by atoms with Crippen molar-refractivity contribution in [3.63, 3.8) is 0 Å². The summed E-state index contributed by atoms with van der Waals surface area (Å²) in [5.74, 6) is -0.554. The van der Waals surface area contributed by atoms with E-state index < -0.39 is 12.1 Å². The van der Waals surface area contributed by atoms with Crippen molar-refractivity contribution < 1.29 is 33.9 Å². The van der Waals surface area contributed by atoms with Gasteiger partial charge in [0.05, 0.1) is 12.1 Å². The number of ether oxygens (including phenoxy) is 2. The van der Waals surface area contributed by atoms with Gasteiger partial charge in [-0.1, -0.05) is 19.1 Å². The highest BCUT2D eigenvalue weighted by Crippen LogP contribution is 2.18. The molecule has 20 heavy (non-hydrogen) atoms. The van der Waals surface area contributed by atoms with E-state index in [2.05, 4.69) is 14.8 Å². The molecular formula is C13H16O7. The fraction of sp³-hybridized carbons (Fsp3) is 0.385. The summed E-state index contributed by atoms with van der Waals surface area (Å²) in [4.78, 5) is 31.1. The third-order valence-electron chi connectivity index (χ3n) is 2.41. The van der Waals surface area contributed by atoms with Crippen LogP contribution in [0.3, 0.4) is 0 Å². The van der Waals surface area contributed by atoms with E-state index in [1.807, 2.05) is 6.92 Å². The zero-order chi connectivity index (χ0) is 15.0. The van der Waals surface area contributed by atoms with Gasteiger partial charge in [-0.2, -0.15) is 0 Å². The van der Waals surface area contributed by atoms with Crippen LogP contribution in [0.2, 0.25) is 0 Å². The van der Waals surface area contributed by atoms with Crippen molar-refractivity contribution in [2.75, 3.05) is 7.11 Å². The molecule has 0 N–H and O–H groups in total. The Labute approximate surface area is 116 Å². The molecule has 0 saturated heterocycles. The predicted molar refractivity (Wildman–Crippen MR) is 66.8 cm³/mol. The second kappa shape index (κ2) is 8.00. The van der Waals surface area contributed by atoms with Gasteiger partial charge < -0.3 is 9.47 Å². The molecule has 0 aromatic heterocycles. The van der Waals surface area contributed by atoms with Gasteiger partial charge in [0.2, 0.25) is 0 Å². The number of benzene rings is 1. The van der Waals surface area contributed by atoms with Crippen LogP contribution in [0.4, 0.5) is 4.79 Å². The molecule has 0 saturated carbocycles. The second-order valence-corrected chi connectivity index (χ2v) is 3.81. The summed E-state index contributed by atoms with van der Waals surface area (Å²) in [6.07, 6.45) is -0.793. The van der Waals surface area contributed by atoms with Crippen molar-refractivity contribution in [2.45, 2.75) is 26.4 Å². The van der Waals surface area contributed by atoms with Gasteiger partial charge in [-0.25, -0.2) is 14.5 Å². The summed E-state index contributed by atoms with van der Waals surface area (Å²) in [6.45, 7) is 3.52. The molecule has 0 aliphatic heterocycles. The fourth-order valence-electron chi connectivity index (χ4n) is 1.20. The average molecular weight is 284 g/mol. The minimum absolute atomic E-state index is 0.133. The largest absolute Gasteiger partial charge is 0.543 e. The maximum Gasteiger partial charge on any atom is 0.543 e. The maximum atomic E-state index is 11.6. The first-order chi connectivity index (χ1) is 9.58. The zero-order valence-electron chi connectivity index (χ0n) is 11.5. The van der Waals surface area contributed by atoms with Crippen LogP contribution in [0.5, 0.6) is 5.75 Å². The standard InChI is InChI=1S/C13H16O7/c1-4-9(2)17-13(15)19-20-18-12(14)10-7-5-6-8-11(10)16-3/h5-9H,4H2,1-3H3. The van der Waals surface area contributed by atoms with Crippen LogP contribution >= 0.6 is 0 Å². The van der Waals surface area contributed by atoms with Crippen LogP contribution in [0.15, 0.2) is 24.3 Å². The Kier molecular flexibility index (Phi) is 6.31. The fourth-order valence-corrected chi connectivity index (χ4v) is 1.20. The molecule has 1 atom stereocenters. The number of methoxy groups -OCH3 is 1. The highest BCUT2D eigenvalue weighted by atomic mass is 17.5. The average Bonchev–Trinajstić information content (AvgIpc) is 2.46. The molecule has 0 aliphatic carbocycles. The van der Waals surface area contributed by atoms with Gasteiger partial charge in [0.25, 0.3) is 0 Å². The van der Waals surface area contributed by atoms with E-state index in [-0.39, 0.29) is 11.7 Å². The molecule has 0 fully saturated rings. The smallest absolute Gasteiger partial charge is 0.496 e. The van der Waals surface area contributed by atoms with Crippen molar-refractivity contribution in [3.8, 4) is 5.75 Å². The zero-order valence-corrected chi connectivity index (χ0v) is 11.5. The minimum atomic E-state index is -1.09. The number of carbonyl (C=O) groups excluding carboxylic acids is 2. The van der Waals surface area contributed by atoms with Gasteiger partial charge in [-0.3, -0.25) is 4.89 Å². The van der Waals surface area contributed by atoms with Crippen LogP contribution in [-0.4, -0.2) is 25.3 Å². The lowest BCUT2D eigenvalue weighted by Crippen LogP contribution is -2.17. The third-order valence-corrected chi connectivity index (χ3v) is 2.41. The molecule has 7 heteroatoms. The lowest BCUT2D eigenvalue weighted by molar-refractivity contribution is -0.452. The van der Waals surface area contributed by atoms with E-state index in [9.17, 15) is 9.59 Å². The normalized spacial score (nSPS) is 11.3. The Hall–Kier alpha value is -2.28. The summed E-state index contributed by atoms with van der Waals surface area (Å²) >= 11 is 0. The molecule has 0 spiro atoms. The van der Waals surface area contributed by atoms with Crippen molar-refractivity contribution in [2.24, 2.45) is 0 Å². The van der Waals surface area contributed by atoms with E-state index in [0.29, 0.717) is 12.2 Å². The quantitative estimate of drug-likeness (QED) is 0.451. The maximum absolute atomic E-state index is 11.6. The Morgan fingerprint density at radius 3 is 2.55 bits per heavy atom. The van der Waals surface area contributed by atoms with Gasteiger partial charge in [0, 0.05) is 0 Å². The molecule has 0 radical (unpaired) electrons. The number of para-hydroxylation sites is 1. The monoisotopic (exact) mass is 284 g/mol. The number of hydrogen-bond donors (Lipinski definition) is 0. The molecule has 0 aliphatic rings. The summed E-state index contributed by atoms with van der Waals surface area (Å²) in [7, 11) is 1.41. The van der Waals surface area contributed by atoms with Crippen LogP contribution in [0, 0.1) is 0 Å². The number of hydrogen-bond acceptors (Lipinski definition) is 7. The lowest BCUT2D eigenvalue weighted by atomic mass is 10.2. The van der Waals surface area contributed by atoms with Crippen molar-refractivity contribution >= 4 is 12.1 Å². The van der Waals surface area contributed by atoms with E-state index >= 15 is 0 Å². The molecule has 0 heterocycles. The van der Waals surface area contributed by atoms with E-state index in [0.717, 1.165) is 0 Å². The molecule has 1 unspecified atom stereocenters. The Morgan fingerprint density at radius 1 is 1.20 bits per heavy atom. The molecule has 1 rings (SSSR count). The lowest BCUT2D eigenvalue weighted by Gasteiger charge is -2.09. The van der Waals surface area contributed by atoms with E-state index in [4.69, 9.17) is 9.47 Å². The first-order valence-electron chi connectivity index (χ1n) is 5.97. The first kappa shape index (κ1) is 15.8. The topological polar surface area (TPSA) is 80.3 Å². The molecular weight excluding hydrogens is 268 g/mol. The van der Waals surface area contributed by atoms with Crippen molar-refractivity contribution in [1.29, 1.82) is 0 Å². The highest BCUT2D eigenvalue weighted by Gasteiger charge is 2.16. The molecule has 7 nitrogen and oxygen atoms in total. The van der Waals surface area contributed by atoms with Crippen LogP contribution in [0.1, 0.15) is 30.6 Å². The third kappa shape index (κ3) is 4.77. The van der Waals surface area contributed by atoms with Gasteiger partial charge in [-0.15, -0.1) is 0 Å².